The van der Waals surface area contributed by atoms with E-state index in [1.54, 1.807) is 4.90 Å². The molecule has 8 heteroatoms. The molecule has 186 valence electrons. The van der Waals surface area contributed by atoms with Crippen molar-refractivity contribution in [3.63, 3.8) is 0 Å². The topological polar surface area (TPSA) is 58.1 Å². The summed E-state index contributed by atoms with van der Waals surface area (Å²) < 4.78 is 11.5. The average Bonchev–Trinajstić information content (AvgIpc) is 3.36. The molecule has 3 aromatic rings. The Morgan fingerprint density at radius 2 is 1.69 bits per heavy atom. The van der Waals surface area contributed by atoms with Crippen molar-refractivity contribution in [2.45, 2.75) is 12.5 Å². The smallest absolute Gasteiger partial charge is 0.262 e. The van der Waals surface area contributed by atoms with Crippen LogP contribution in [0.4, 0.5) is 11.5 Å². The van der Waals surface area contributed by atoms with E-state index in [2.05, 4.69) is 9.80 Å². The van der Waals surface area contributed by atoms with Crippen LogP contribution >= 0.6 is 11.6 Å². The molecule has 0 spiro atoms. The van der Waals surface area contributed by atoms with Gasteiger partial charge in [0.1, 0.15) is 18.2 Å². The molecule has 1 unspecified atom stereocenters. The van der Waals surface area contributed by atoms with Gasteiger partial charge in [-0.05, 0) is 53.9 Å². The molecule has 3 aliphatic heterocycles. The van der Waals surface area contributed by atoms with E-state index in [1.165, 1.54) is 0 Å². The minimum Gasteiger partial charge on any atom is -0.491 e. The van der Waals surface area contributed by atoms with E-state index in [4.69, 9.17) is 26.1 Å². The standard InChI is InChI=1S/C28H29ClN4O3/c29-22-4-1-20(2-5-22)21-3-7-25-26(17-21)36-16-13-33(28(25)34)23-6-8-27(30-18-23)32-10-9-24(19-32)31-11-14-35-15-12-31/h1-8,17-18,24H,9-16,19H2. The largest absolute Gasteiger partial charge is 0.491 e. The molecule has 0 aliphatic carbocycles. The number of nitrogens with zero attached hydrogens (tertiary/aromatic N) is 4. The Morgan fingerprint density at radius 1 is 0.889 bits per heavy atom. The van der Waals surface area contributed by atoms with Crippen LogP contribution in [0.1, 0.15) is 16.8 Å². The van der Waals surface area contributed by atoms with Crippen LogP contribution in [0.3, 0.4) is 0 Å². The van der Waals surface area contributed by atoms with Crippen molar-refractivity contribution in [2.75, 3.05) is 62.3 Å². The fraction of sp³-hybridized carbons (Fsp3) is 0.357. The first-order valence-corrected chi connectivity index (χ1v) is 12.9. The Labute approximate surface area is 216 Å². The van der Waals surface area contributed by atoms with E-state index in [9.17, 15) is 4.79 Å². The van der Waals surface area contributed by atoms with Gasteiger partial charge in [-0.25, -0.2) is 4.98 Å². The van der Waals surface area contributed by atoms with Gasteiger partial charge in [0.15, 0.2) is 0 Å². The molecule has 7 nitrogen and oxygen atoms in total. The second-order valence-electron chi connectivity index (χ2n) is 9.43. The van der Waals surface area contributed by atoms with Crippen LogP contribution in [0, 0.1) is 0 Å². The summed E-state index contributed by atoms with van der Waals surface area (Å²) in [4.78, 5) is 24.8. The molecule has 36 heavy (non-hydrogen) atoms. The number of amides is 1. The van der Waals surface area contributed by atoms with Gasteiger partial charge in [0.2, 0.25) is 0 Å². The van der Waals surface area contributed by atoms with Crippen molar-refractivity contribution < 1.29 is 14.3 Å². The predicted octanol–water partition coefficient (Wildman–Crippen LogP) is 4.35. The van der Waals surface area contributed by atoms with Gasteiger partial charge < -0.3 is 19.3 Å². The van der Waals surface area contributed by atoms with E-state index >= 15 is 0 Å². The molecule has 0 N–H and O–H groups in total. The average molecular weight is 505 g/mol. The third-order valence-corrected chi connectivity index (χ3v) is 7.55. The highest BCUT2D eigenvalue weighted by Gasteiger charge is 2.30. The highest BCUT2D eigenvalue weighted by atomic mass is 35.5. The SMILES string of the molecule is O=C1c2ccc(-c3ccc(Cl)cc3)cc2OCCN1c1ccc(N2CCC(N3CCOCC3)C2)nc1. The molecule has 0 bridgehead atoms. The second kappa shape index (κ2) is 10.1. The van der Waals surface area contributed by atoms with Crippen molar-refractivity contribution in [2.24, 2.45) is 0 Å². The third kappa shape index (κ3) is 4.66. The number of ether oxygens (including phenoxy) is 2. The maximum atomic E-state index is 13.5. The number of pyridine rings is 1. The fourth-order valence-corrected chi connectivity index (χ4v) is 5.42. The van der Waals surface area contributed by atoms with Crippen LogP contribution in [-0.4, -0.2) is 74.4 Å². The molecule has 6 rings (SSSR count). The summed E-state index contributed by atoms with van der Waals surface area (Å²) in [5, 5.41) is 0.692. The van der Waals surface area contributed by atoms with Crippen molar-refractivity contribution in [1.29, 1.82) is 0 Å². The van der Waals surface area contributed by atoms with Crippen LogP contribution in [0.5, 0.6) is 5.75 Å². The Balaban J connectivity index is 1.17. The zero-order valence-electron chi connectivity index (χ0n) is 20.1. The number of hydrogen-bond donors (Lipinski definition) is 0. The van der Waals surface area contributed by atoms with Crippen molar-refractivity contribution in [3.05, 3.63) is 71.4 Å². The molecular formula is C28H29ClN4O3. The first-order chi connectivity index (χ1) is 17.7. The minimum absolute atomic E-state index is 0.0757. The van der Waals surface area contributed by atoms with E-state index in [1.807, 2.05) is 60.8 Å². The van der Waals surface area contributed by atoms with Gasteiger partial charge >= 0.3 is 0 Å². The zero-order valence-corrected chi connectivity index (χ0v) is 20.9. The normalized spacial score (nSPS) is 20.7. The minimum atomic E-state index is -0.0757. The molecule has 2 aromatic carbocycles. The highest BCUT2D eigenvalue weighted by Crippen LogP contribution is 2.32. The summed E-state index contributed by atoms with van der Waals surface area (Å²) in [5.41, 5.74) is 3.35. The number of fused-ring (bicyclic) bond motifs is 1. The number of anilines is 2. The number of aromatic nitrogens is 1. The van der Waals surface area contributed by atoms with E-state index in [-0.39, 0.29) is 5.91 Å². The van der Waals surface area contributed by atoms with Gasteiger partial charge in [0.25, 0.3) is 5.91 Å². The van der Waals surface area contributed by atoms with Crippen molar-refractivity contribution in [3.8, 4) is 16.9 Å². The molecule has 1 amide bonds. The predicted molar refractivity (Wildman–Crippen MR) is 141 cm³/mol. The summed E-state index contributed by atoms with van der Waals surface area (Å²) in [6.07, 6.45) is 2.95. The number of benzene rings is 2. The lowest BCUT2D eigenvalue weighted by Crippen LogP contribution is -2.44. The summed E-state index contributed by atoms with van der Waals surface area (Å²) in [7, 11) is 0. The lowest BCUT2D eigenvalue weighted by molar-refractivity contribution is 0.0209. The summed E-state index contributed by atoms with van der Waals surface area (Å²) >= 11 is 6.03. The number of hydrogen-bond acceptors (Lipinski definition) is 6. The van der Waals surface area contributed by atoms with Gasteiger partial charge in [-0.2, -0.15) is 0 Å². The van der Waals surface area contributed by atoms with Crippen LogP contribution in [0.15, 0.2) is 60.8 Å². The lowest BCUT2D eigenvalue weighted by atomic mass is 10.0. The van der Waals surface area contributed by atoms with Gasteiger partial charge in [-0.1, -0.05) is 29.8 Å². The molecule has 1 aromatic heterocycles. The Hall–Kier alpha value is -3.13. The van der Waals surface area contributed by atoms with Gasteiger partial charge in [0.05, 0.1) is 37.2 Å². The number of carbonyl (C=O) groups excluding carboxylic acids is 1. The molecule has 2 fully saturated rings. The summed E-state index contributed by atoms with van der Waals surface area (Å²) in [6, 6.07) is 17.9. The molecule has 0 radical (unpaired) electrons. The number of morpholine rings is 1. The van der Waals surface area contributed by atoms with Gasteiger partial charge in [0, 0.05) is 37.2 Å². The Kier molecular flexibility index (Phi) is 6.52. The van der Waals surface area contributed by atoms with Crippen molar-refractivity contribution in [1.82, 2.24) is 9.88 Å². The Morgan fingerprint density at radius 3 is 2.47 bits per heavy atom. The molecule has 1 atom stereocenters. The van der Waals surface area contributed by atoms with E-state index < -0.39 is 0 Å². The summed E-state index contributed by atoms with van der Waals surface area (Å²) in [5.74, 6) is 1.49. The fourth-order valence-electron chi connectivity index (χ4n) is 5.30. The Bertz CT molecular complexity index is 1230. The molecular weight excluding hydrogens is 476 g/mol. The second-order valence-corrected chi connectivity index (χ2v) is 9.87. The van der Waals surface area contributed by atoms with Gasteiger partial charge in [-0.15, -0.1) is 0 Å². The quantitative estimate of drug-likeness (QED) is 0.526. The van der Waals surface area contributed by atoms with E-state index in [0.717, 1.165) is 68.4 Å². The van der Waals surface area contributed by atoms with Crippen LogP contribution in [-0.2, 0) is 4.74 Å². The molecule has 4 heterocycles. The van der Waals surface area contributed by atoms with Crippen LogP contribution < -0.4 is 14.5 Å². The third-order valence-electron chi connectivity index (χ3n) is 7.30. The number of carbonyl (C=O) groups is 1. The number of rotatable bonds is 4. The highest BCUT2D eigenvalue weighted by molar-refractivity contribution is 6.30. The van der Waals surface area contributed by atoms with Crippen LogP contribution in [0.2, 0.25) is 5.02 Å². The molecule has 2 saturated heterocycles. The maximum Gasteiger partial charge on any atom is 0.262 e. The lowest BCUT2D eigenvalue weighted by Gasteiger charge is -2.32. The number of halogens is 1. The molecule has 3 aliphatic rings. The first kappa shape index (κ1) is 23.3. The first-order valence-electron chi connectivity index (χ1n) is 12.5. The van der Waals surface area contributed by atoms with Crippen LogP contribution in [0.25, 0.3) is 11.1 Å². The molecule has 0 saturated carbocycles. The monoisotopic (exact) mass is 504 g/mol. The van der Waals surface area contributed by atoms with Crippen molar-refractivity contribution >= 4 is 29.0 Å². The maximum absolute atomic E-state index is 13.5. The van der Waals surface area contributed by atoms with E-state index in [0.29, 0.717) is 35.5 Å². The van der Waals surface area contributed by atoms with Gasteiger partial charge in [-0.3, -0.25) is 9.69 Å². The summed E-state index contributed by atoms with van der Waals surface area (Å²) in [6.45, 7) is 6.51. The zero-order chi connectivity index (χ0) is 24.5.